The summed E-state index contributed by atoms with van der Waals surface area (Å²) in [6, 6.07) is 10.5. The first-order valence-electron chi connectivity index (χ1n) is 8.79. The molecule has 2 N–H and O–H groups in total. The van der Waals surface area contributed by atoms with Crippen molar-refractivity contribution < 1.29 is 9.53 Å². The van der Waals surface area contributed by atoms with E-state index in [0.29, 0.717) is 46.2 Å². The van der Waals surface area contributed by atoms with Crippen LogP contribution in [0.4, 0.5) is 0 Å². The summed E-state index contributed by atoms with van der Waals surface area (Å²) in [6.07, 6.45) is 3.27. The lowest BCUT2D eigenvalue weighted by Gasteiger charge is -2.11. The molecule has 4 rings (SSSR count). The van der Waals surface area contributed by atoms with Crippen LogP contribution in [0.2, 0.25) is 0 Å². The van der Waals surface area contributed by atoms with Gasteiger partial charge in [0.2, 0.25) is 0 Å². The molecule has 0 spiro atoms. The number of carbonyl (C=O) groups is 1. The molecule has 0 unspecified atom stereocenters. The van der Waals surface area contributed by atoms with Crippen molar-refractivity contribution in [3.05, 3.63) is 70.5 Å². The van der Waals surface area contributed by atoms with Crippen molar-refractivity contribution in [2.75, 3.05) is 6.61 Å². The smallest absolute Gasteiger partial charge is 0.277 e. The van der Waals surface area contributed by atoms with E-state index in [1.54, 1.807) is 30.5 Å². The van der Waals surface area contributed by atoms with Crippen LogP contribution in [-0.4, -0.2) is 37.3 Å². The average molecular weight is 375 g/mol. The van der Waals surface area contributed by atoms with Gasteiger partial charge < -0.3 is 14.7 Å². The van der Waals surface area contributed by atoms with Gasteiger partial charge in [0.15, 0.2) is 16.9 Å². The van der Waals surface area contributed by atoms with Gasteiger partial charge in [-0.2, -0.15) is 0 Å². The molecule has 0 bridgehead atoms. The Labute approximate surface area is 159 Å². The zero-order valence-corrected chi connectivity index (χ0v) is 15.1. The van der Waals surface area contributed by atoms with Gasteiger partial charge in [-0.25, -0.2) is 9.97 Å². The molecule has 140 valence electrons. The number of carbonyl (C=O) groups excluding carboxylic acids is 1. The molecule has 1 aromatic carbocycles. The highest BCUT2D eigenvalue weighted by molar-refractivity contribution is 5.98. The molecule has 0 aliphatic rings. The Morgan fingerprint density at radius 1 is 1.18 bits per heavy atom. The van der Waals surface area contributed by atoms with E-state index in [1.807, 2.05) is 19.1 Å². The predicted molar refractivity (Wildman–Crippen MR) is 103 cm³/mol. The quantitative estimate of drug-likeness (QED) is 0.501. The monoisotopic (exact) mass is 375 g/mol. The second-order valence-corrected chi connectivity index (χ2v) is 6.08. The summed E-state index contributed by atoms with van der Waals surface area (Å²) in [4.78, 5) is 42.9. The van der Waals surface area contributed by atoms with E-state index in [1.165, 1.54) is 6.33 Å². The van der Waals surface area contributed by atoms with Crippen LogP contribution < -0.4 is 10.3 Å². The molecule has 0 amide bonds. The second kappa shape index (κ2) is 7.43. The molecule has 28 heavy (non-hydrogen) atoms. The van der Waals surface area contributed by atoms with E-state index in [-0.39, 0.29) is 17.8 Å². The molecular formula is C20H17N5O3. The third-order valence-corrected chi connectivity index (χ3v) is 4.22. The number of ether oxygens (including phenoxy) is 1. The molecule has 0 atom stereocenters. The highest BCUT2D eigenvalue weighted by Crippen LogP contribution is 2.29. The molecule has 8 nitrogen and oxygen atoms in total. The lowest BCUT2D eigenvalue weighted by atomic mass is 10.0. The number of ketones is 1. The van der Waals surface area contributed by atoms with Gasteiger partial charge in [0.1, 0.15) is 11.6 Å². The van der Waals surface area contributed by atoms with Gasteiger partial charge >= 0.3 is 0 Å². The first-order valence-corrected chi connectivity index (χ1v) is 8.79. The molecule has 8 heteroatoms. The number of nitrogens with zero attached hydrogens (tertiary/aromatic N) is 3. The number of rotatable bonds is 6. The Morgan fingerprint density at radius 2 is 2.07 bits per heavy atom. The highest BCUT2D eigenvalue weighted by atomic mass is 16.5. The maximum Gasteiger partial charge on any atom is 0.277 e. The van der Waals surface area contributed by atoms with Crippen molar-refractivity contribution in [2.45, 2.75) is 13.3 Å². The van der Waals surface area contributed by atoms with Gasteiger partial charge in [-0.15, -0.1) is 0 Å². The summed E-state index contributed by atoms with van der Waals surface area (Å²) in [5.41, 5.74) is 2.08. The van der Waals surface area contributed by atoms with Gasteiger partial charge in [-0.3, -0.25) is 14.6 Å². The number of nitrogens with one attached hydrogen (secondary N) is 2. The van der Waals surface area contributed by atoms with Gasteiger partial charge in [0.05, 0.1) is 24.9 Å². The van der Waals surface area contributed by atoms with Gasteiger partial charge in [-0.1, -0.05) is 12.1 Å². The van der Waals surface area contributed by atoms with Crippen molar-refractivity contribution in [1.82, 2.24) is 24.9 Å². The van der Waals surface area contributed by atoms with Crippen molar-refractivity contribution in [2.24, 2.45) is 0 Å². The normalized spacial score (nSPS) is 10.9. The van der Waals surface area contributed by atoms with Gasteiger partial charge in [0, 0.05) is 17.5 Å². The third-order valence-electron chi connectivity index (χ3n) is 4.22. The predicted octanol–water partition coefficient (Wildman–Crippen LogP) is 2.53. The number of aromatic amines is 2. The van der Waals surface area contributed by atoms with Crippen molar-refractivity contribution in [1.29, 1.82) is 0 Å². The Morgan fingerprint density at radius 3 is 2.86 bits per heavy atom. The molecule has 0 aliphatic heterocycles. The molecule has 0 radical (unpaired) electrons. The lowest BCUT2D eigenvalue weighted by molar-refractivity contribution is 0.0991. The minimum Gasteiger partial charge on any atom is -0.493 e. The second-order valence-electron chi connectivity index (χ2n) is 6.08. The Hall–Kier alpha value is -3.81. The highest BCUT2D eigenvalue weighted by Gasteiger charge is 2.16. The third kappa shape index (κ3) is 3.39. The van der Waals surface area contributed by atoms with E-state index in [9.17, 15) is 9.59 Å². The molecule has 0 aliphatic carbocycles. The summed E-state index contributed by atoms with van der Waals surface area (Å²) in [5.74, 6) is 0.722. The number of benzene rings is 1. The molecule has 0 saturated carbocycles. The summed E-state index contributed by atoms with van der Waals surface area (Å²) in [5, 5.41) is 0. The van der Waals surface area contributed by atoms with Crippen LogP contribution in [0.15, 0.2) is 53.7 Å². The van der Waals surface area contributed by atoms with E-state index < -0.39 is 0 Å². The van der Waals surface area contributed by atoms with Crippen LogP contribution in [0.3, 0.4) is 0 Å². The number of imidazole rings is 1. The van der Waals surface area contributed by atoms with Crippen LogP contribution >= 0.6 is 0 Å². The first kappa shape index (κ1) is 17.6. The molecule has 3 heterocycles. The van der Waals surface area contributed by atoms with E-state index in [0.717, 1.165) is 0 Å². The summed E-state index contributed by atoms with van der Waals surface area (Å²) >= 11 is 0. The Balaban J connectivity index is 1.72. The molecular weight excluding hydrogens is 358 g/mol. The standard InChI is InChI=1S/C20H17N5O3/c1-2-28-16-9-12(15(26)10-13-5-3-4-8-21-13)6-7-14(16)18-24-19-17(20(27)25-18)22-11-23-19/h3-9,11H,2,10H2,1H3,(H2,22,23,24,25,27). The topological polar surface area (TPSA) is 114 Å². The van der Waals surface area contributed by atoms with Crippen LogP contribution in [0.5, 0.6) is 5.75 Å². The number of Topliss-reactive ketones (excluding diaryl/α,β-unsaturated/α-hetero) is 1. The van der Waals surface area contributed by atoms with Gasteiger partial charge in [-0.05, 0) is 31.2 Å². The van der Waals surface area contributed by atoms with Crippen LogP contribution in [-0.2, 0) is 6.42 Å². The number of H-pyrrole nitrogens is 2. The number of aromatic nitrogens is 5. The number of hydrogen-bond donors (Lipinski definition) is 2. The van der Waals surface area contributed by atoms with Crippen molar-refractivity contribution in [3.63, 3.8) is 0 Å². The largest absolute Gasteiger partial charge is 0.493 e. The Bertz CT molecular complexity index is 1200. The SMILES string of the molecule is CCOc1cc(C(=O)Cc2ccccn2)ccc1-c1nc2nc[nH]c2c(=O)[nH]1. The van der Waals surface area contributed by atoms with E-state index >= 15 is 0 Å². The van der Waals surface area contributed by atoms with Crippen LogP contribution in [0.25, 0.3) is 22.6 Å². The maximum atomic E-state index is 12.6. The summed E-state index contributed by atoms with van der Waals surface area (Å²) < 4.78 is 5.71. The van der Waals surface area contributed by atoms with Crippen LogP contribution in [0, 0.1) is 0 Å². The fourth-order valence-corrected chi connectivity index (χ4v) is 2.91. The number of fused-ring (bicyclic) bond motifs is 1. The van der Waals surface area contributed by atoms with Crippen molar-refractivity contribution in [3.8, 4) is 17.1 Å². The summed E-state index contributed by atoms with van der Waals surface area (Å²) in [7, 11) is 0. The molecule has 0 fully saturated rings. The van der Waals surface area contributed by atoms with Crippen LogP contribution in [0.1, 0.15) is 23.0 Å². The van der Waals surface area contributed by atoms with E-state index in [4.69, 9.17) is 4.74 Å². The molecule has 0 saturated heterocycles. The first-order chi connectivity index (χ1) is 13.7. The number of hydrogen-bond acceptors (Lipinski definition) is 6. The lowest BCUT2D eigenvalue weighted by Crippen LogP contribution is -2.11. The average Bonchev–Trinajstić information content (AvgIpc) is 3.18. The van der Waals surface area contributed by atoms with Gasteiger partial charge in [0.25, 0.3) is 5.56 Å². The maximum absolute atomic E-state index is 12.6. The minimum atomic E-state index is -0.324. The zero-order valence-electron chi connectivity index (χ0n) is 15.1. The Kier molecular flexibility index (Phi) is 4.67. The summed E-state index contributed by atoms with van der Waals surface area (Å²) in [6.45, 7) is 2.25. The van der Waals surface area contributed by atoms with Crippen molar-refractivity contribution >= 4 is 16.9 Å². The zero-order chi connectivity index (χ0) is 19.5. The number of pyridine rings is 1. The minimum absolute atomic E-state index is 0.0737. The van der Waals surface area contributed by atoms with E-state index in [2.05, 4.69) is 24.9 Å². The molecule has 4 aromatic rings. The fraction of sp³-hybridized carbons (Fsp3) is 0.150. The molecule has 3 aromatic heterocycles. The fourth-order valence-electron chi connectivity index (χ4n) is 2.91.